The number of nitrogens with zero attached hydrogens (tertiary/aromatic N) is 2. The molecule has 6 nitrogen and oxygen atoms in total. The number of allylic oxidation sites excluding steroid dienone is 1. The highest BCUT2D eigenvalue weighted by molar-refractivity contribution is 5.71. The minimum absolute atomic E-state index is 0.0871. The number of H-pyrrole nitrogens is 1. The summed E-state index contributed by atoms with van der Waals surface area (Å²) in [5, 5.41) is 17.3. The van der Waals surface area contributed by atoms with Crippen LogP contribution in [0.4, 0.5) is 0 Å². The van der Waals surface area contributed by atoms with Crippen LogP contribution in [0, 0.1) is 11.3 Å². The summed E-state index contributed by atoms with van der Waals surface area (Å²) in [6, 6.07) is 18.3. The average Bonchev–Trinajstić information content (AvgIpc) is 3.16. The van der Waals surface area contributed by atoms with Crippen LogP contribution >= 0.6 is 0 Å². The van der Waals surface area contributed by atoms with E-state index in [1.165, 1.54) is 5.56 Å². The fourth-order valence-corrected chi connectivity index (χ4v) is 3.78. The Hall–Kier alpha value is -3.72. The second kappa shape index (κ2) is 7.96. The van der Waals surface area contributed by atoms with E-state index in [0.29, 0.717) is 24.0 Å². The molecule has 0 saturated carbocycles. The van der Waals surface area contributed by atoms with Crippen LogP contribution in [0.25, 0.3) is 11.3 Å². The smallest absolute Gasteiger partial charge is 0.244 e. The largest absolute Gasteiger partial charge is 0.494 e. The molecule has 2 aromatic carbocycles. The Labute approximate surface area is 175 Å². The van der Waals surface area contributed by atoms with E-state index in [4.69, 9.17) is 15.2 Å². The molecule has 0 spiro atoms. The van der Waals surface area contributed by atoms with Crippen molar-refractivity contribution in [1.82, 2.24) is 10.2 Å². The minimum atomic E-state index is -0.371. The Kier molecular flexibility index (Phi) is 5.20. The fourth-order valence-electron chi connectivity index (χ4n) is 3.78. The van der Waals surface area contributed by atoms with Gasteiger partial charge in [-0.3, -0.25) is 5.10 Å². The SMILES string of the molecule is CCOc1cccc(-c2[nH]nc3c2C(c2ccc(C(C)C)cc2)C(C#N)=C(N)O3)c1. The fraction of sp³-hybridized carbons (Fsp3) is 0.250. The van der Waals surface area contributed by atoms with Gasteiger partial charge in [-0.25, -0.2) is 0 Å². The van der Waals surface area contributed by atoms with Gasteiger partial charge in [-0.2, -0.15) is 5.26 Å². The van der Waals surface area contributed by atoms with E-state index in [2.05, 4.69) is 42.2 Å². The first-order chi connectivity index (χ1) is 14.5. The van der Waals surface area contributed by atoms with Crippen molar-refractivity contribution in [3.63, 3.8) is 0 Å². The van der Waals surface area contributed by atoms with Crippen molar-refractivity contribution in [3.8, 4) is 29.0 Å². The molecule has 2 heterocycles. The highest BCUT2D eigenvalue weighted by Crippen LogP contribution is 2.46. The number of aromatic nitrogens is 2. The molecule has 1 unspecified atom stereocenters. The number of hydrogen-bond acceptors (Lipinski definition) is 5. The Bertz CT molecular complexity index is 1140. The second-order valence-electron chi connectivity index (χ2n) is 7.52. The quantitative estimate of drug-likeness (QED) is 0.640. The van der Waals surface area contributed by atoms with E-state index in [9.17, 15) is 5.26 Å². The molecule has 152 valence electrons. The van der Waals surface area contributed by atoms with Gasteiger partial charge in [0, 0.05) is 5.56 Å². The summed E-state index contributed by atoms with van der Waals surface area (Å²) in [4.78, 5) is 0. The van der Waals surface area contributed by atoms with Gasteiger partial charge in [-0.05, 0) is 36.1 Å². The lowest BCUT2D eigenvalue weighted by atomic mass is 9.82. The van der Waals surface area contributed by atoms with Crippen molar-refractivity contribution >= 4 is 0 Å². The van der Waals surface area contributed by atoms with Crippen molar-refractivity contribution in [3.05, 3.63) is 76.7 Å². The first kappa shape index (κ1) is 19.6. The number of benzene rings is 2. The predicted octanol–water partition coefficient (Wildman–Crippen LogP) is 4.82. The van der Waals surface area contributed by atoms with Crippen LogP contribution < -0.4 is 15.2 Å². The van der Waals surface area contributed by atoms with E-state index in [0.717, 1.165) is 28.1 Å². The summed E-state index contributed by atoms with van der Waals surface area (Å²) in [5.74, 6) is 1.30. The monoisotopic (exact) mass is 400 g/mol. The lowest BCUT2D eigenvalue weighted by Crippen LogP contribution is -2.21. The summed E-state index contributed by atoms with van der Waals surface area (Å²) in [5.41, 5.74) is 11.1. The molecule has 0 saturated heterocycles. The summed E-state index contributed by atoms with van der Waals surface area (Å²) in [6.07, 6.45) is 0. The van der Waals surface area contributed by atoms with Gasteiger partial charge >= 0.3 is 0 Å². The van der Waals surface area contributed by atoms with Gasteiger partial charge in [0.05, 0.1) is 23.8 Å². The Morgan fingerprint density at radius 1 is 1.23 bits per heavy atom. The highest BCUT2D eigenvalue weighted by Gasteiger charge is 2.35. The first-order valence-electron chi connectivity index (χ1n) is 10.0. The zero-order chi connectivity index (χ0) is 21.3. The summed E-state index contributed by atoms with van der Waals surface area (Å²) in [7, 11) is 0. The molecular weight excluding hydrogens is 376 g/mol. The lowest BCUT2D eigenvalue weighted by Gasteiger charge is -2.24. The second-order valence-corrected chi connectivity index (χ2v) is 7.52. The minimum Gasteiger partial charge on any atom is -0.494 e. The maximum Gasteiger partial charge on any atom is 0.244 e. The van der Waals surface area contributed by atoms with Gasteiger partial charge < -0.3 is 15.2 Å². The Morgan fingerprint density at radius 3 is 2.67 bits per heavy atom. The van der Waals surface area contributed by atoms with E-state index < -0.39 is 0 Å². The normalized spacial score (nSPS) is 15.5. The Morgan fingerprint density at radius 2 is 2.00 bits per heavy atom. The van der Waals surface area contributed by atoms with E-state index >= 15 is 0 Å². The summed E-state index contributed by atoms with van der Waals surface area (Å²) in [6.45, 7) is 6.83. The van der Waals surface area contributed by atoms with Crippen LogP contribution in [-0.2, 0) is 0 Å². The molecule has 1 aliphatic rings. The molecule has 4 rings (SSSR count). The van der Waals surface area contributed by atoms with E-state index in [1.807, 2.05) is 43.3 Å². The van der Waals surface area contributed by atoms with Gasteiger partial charge in [-0.15, -0.1) is 5.10 Å². The maximum atomic E-state index is 9.86. The summed E-state index contributed by atoms with van der Waals surface area (Å²) < 4.78 is 11.3. The van der Waals surface area contributed by atoms with Crippen molar-refractivity contribution in [2.45, 2.75) is 32.6 Å². The van der Waals surface area contributed by atoms with Crippen LogP contribution in [0.3, 0.4) is 0 Å². The highest BCUT2D eigenvalue weighted by atomic mass is 16.5. The number of aromatic amines is 1. The molecule has 0 amide bonds. The Balaban J connectivity index is 1.87. The van der Waals surface area contributed by atoms with Crippen molar-refractivity contribution in [1.29, 1.82) is 5.26 Å². The molecule has 1 aliphatic heterocycles. The number of nitrogens with two attached hydrogens (primary N) is 1. The molecule has 1 aromatic heterocycles. The third-order valence-electron chi connectivity index (χ3n) is 5.31. The van der Waals surface area contributed by atoms with Crippen LogP contribution in [0.15, 0.2) is 60.0 Å². The molecule has 0 radical (unpaired) electrons. The summed E-state index contributed by atoms with van der Waals surface area (Å²) >= 11 is 0. The van der Waals surface area contributed by atoms with Crippen LogP contribution in [-0.4, -0.2) is 16.8 Å². The van der Waals surface area contributed by atoms with Gasteiger partial charge in [-0.1, -0.05) is 50.2 Å². The number of hydrogen-bond donors (Lipinski definition) is 2. The van der Waals surface area contributed by atoms with Crippen LogP contribution in [0.2, 0.25) is 0 Å². The molecule has 3 N–H and O–H groups in total. The zero-order valence-corrected chi connectivity index (χ0v) is 17.3. The number of nitrogens with one attached hydrogen (secondary N) is 1. The molecule has 1 atom stereocenters. The first-order valence-corrected chi connectivity index (χ1v) is 10.0. The molecular formula is C24H24N4O2. The van der Waals surface area contributed by atoms with Crippen LogP contribution in [0.1, 0.15) is 49.3 Å². The molecule has 3 aromatic rings. The third-order valence-corrected chi connectivity index (χ3v) is 5.31. The van der Waals surface area contributed by atoms with Crippen molar-refractivity contribution < 1.29 is 9.47 Å². The number of rotatable bonds is 5. The maximum absolute atomic E-state index is 9.86. The molecule has 0 aliphatic carbocycles. The molecule has 0 fully saturated rings. The average molecular weight is 400 g/mol. The molecule has 6 heteroatoms. The lowest BCUT2D eigenvalue weighted by molar-refractivity contribution is 0.340. The third kappa shape index (κ3) is 3.39. The van der Waals surface area contributed by atoms with Gasteiger partial charge in [0.1, 0.15) is 17.4 Å². The van der Waals surface area contributed by atoms with Gasteiger partial charge in [0.2, 0.25) is 11.8 Å². The van der Waals surface area contributed by atoms with Gasteiger partial charge in [0.15, 0.2) is 0 Å². The standard InChI is InChI=1S/C24H24N4O2/c1-4-29-18-7-5-6-17(12-18)22-21-20(16-10-8-15(9-11-16)14(2)3)19(13-25)23(26)30-24(21)28-27-22/h5-12,14,20H,4,26H2,1-3H3,(H,27,28). The van der Waals surface area contributed by atoms with Gasteiger partial charge in [0.25, 0.3) is 0 Å². The predicted molar refractivity (Wildman–Crippen MR) is 115 cm³/mol. The molecule has 0 bridgehead atoms. The van der Waals surface area contributed by atoms with Crippen molar-refractivity contribution in [2.75, 3.05) is 6.61 Å². The van der Waals surface area contributed by atoms with Crippen molar-refractivity contribution in [2.24, 2.45) is 5.73 Å². The van der Waals surface area contributed by atoms with E-state index in [-0.39, 0.29) is 11.8 Å². The number of nitriles is 1. The topological polar surface area (TPSA) is 97.0 Å². The zero-order valence-electron chi connectivity index (χ0n) is 17.3. The molecule has 30 heavy (non-hydrogen) atoms. The van der Waals surface area contributed by atoms with Crippen LogP contribution in [0.5, 0.6) is 11.6 Å². The number of fused-ring (bicyclic) bond motifs is 1. The van der Waals surface area contributed by atoms with E-state index in [1.54, 1.807) is 0 Å². The number of ether oxygens (including phenoxy) is 2.